The van der Waals surface area contributed by atoms with Gasteiger partial charge in [-0.15, -0.1) is 0 Å². The van der Waals surface area contributed by atoms with Gasteiger partial charge in [0.1, 0.15) is 6.29 Å². The largest absolute Gasteiger partial charge is 0.298 e. The summed E-state index contributed by atoms with van der Waals surface area (Å²) >= 11 is 0. The van der Waals surface area contributed by atoms with Crippen LogP contribution in [0.15, 0.2) is 23.8 Å². The first-order valence-corrected chi connectivity index (χ1v) is 4.14. The van der Waals surface area contributed by atoms with Crippen molar-refractivity contribution < 1.29 is 4.79 Å². The van der Waals surface area contributed by atoms with Crippen molar-refractivity contribution in [3.8, 4) is 0 Å². The third kappa shape index (κ3) is 2.34. The SMILES string of the molecule is CC=CC1CC=C(C=O)CC1. The topological polar surface area (TPSA) is 17.1 Å². The normalized spacial score (nSPS) is 25.2. The van der Waals surface area contributed by atoms with Crippen molar-refractivity contribution in [1.82, 2.24) is 0 Å². The highest BCUT2D eigenvalue weighted by atomic mass is 16.1. The zero-order valence-corrected chi connectivity index (χ0v) is 6.92. The van der Waals surface area contributed by atoms with Gasteiger partial charge in [-0.05, 0) is 37.7 Å². The Morgan fingerprint density at radius 1 is 1.64 bits per heavy atom. The highest BCUT2D eigenvalue weighted by Crippen LogP contribution is 2.23. The van der Waals surface area contributed by atoms with Gasteiger partial charge in [-0.1, -0.05) is 18.2 Å². The fourth-order valence-electron chi connectivity index (χ4n) is 1.43. The minimum Gasteiger partial charge on any atom is -0.298 e. The molecule has 1 nitrogen and oxygen atoms in total. The summed E-state index contributed by atoms with van der Waals surface area (Å²) in [6.07, 6.45) is 10.5. The standard InChI is InChI=1S/C10H14O/c1-2-3-9-4-6-10(8-11)7-5-9/h2-3,6,8-9H,4-5,7H2,1H3. The lowest BCUT2D eigenvalue weighted by atomic mass is 9.90. The van der Waals surface area contributed by atoms with Gasteiger partial charge in [-0.25, -0.2) is 0 Å². The molecule has 0 saturated carbocycles. The van der Waals surface area contributed by atoms with Crippen LogP contribution in [-0.2, 0) is 4.79 Å². The molecule has 1 aliphatic rings. The van der Waals surface area contributed by atoms with Gasteiger partial charge >= 0.3 is 0 Å². The smallest absolute Gasteiger partial charge is 0.145 e. The van der Waals surface area contributed by atoms with Crippen molar-refractivity contribution in [2.75, 3.05) is 0 Å². The predicted molar refractivity (Wildman–Crippen MR) is 46.3 cm³/mol. The van der Waals surface area contributed by atoms with Crippen LogP contribution in [-0.4, -0.2) is 6.29 Å². The Kier molecular flexibility index (Phi) is 3.09. The number of carbonyl (C=O) groups is 1. The molecule has 0 aliphatic heterocycles. The summed E-state index contributed by atoms with van der Waals surface area (Å²) in [4.78, 5) is 10.3. The van der Waals surface area contributed by atoms with Crippen LogP contribution in [0.5, 0.6) is 0 Å². The van der Waals surface area contributed by atoms with Crippen molar-refractivity contribution in [3.05, 3.63) is 23.8 Å². The maximum atomic E-state index is 10.3. The molecule has 0 aromatic carbocycles. The average molecular weight is 150 g/mol. The van der Waals surface area contributed by atoms with Gasteiger partial charge in [-0.2, -0.15) is 0 Å². The molecule has 60 valence electrons. The molecule has 11 heavy (non-hydrogen) atoms. The van der Waals surface area contributed by atoms with Crippen LogP contribution in [0.4, 0.5) is 0 Å². The molecular formula is C10H14O. The van der Waals surface area contributed by atoms with E-state index in [0.29, 0.717) is 5.92 Å². The van der Waals surface area contributed by atoms with Crippen molar-refractivity contribution in [2.24, 2.45) is 5.92 Å². The van der Waals surface area contributed by atoms with E-state index in [1.54, 1.807) is 0 Å². The highest BCUT2D eigenvalue weighted by Gasteiger charge is 2.10. The molecule has 0 spiro atoms. The third-order valence-corrected chi connectivity index (χ3v) is 2.10. The summed E-state index contributed by atoms with van der Waals surface area (Å²) < 4.78 is 0. The lowest BCUT2D eigenvalue weighted by molar-refractivity contribution is -0.105. The summed E-state index contributed by atoms with van der Waals surface area (Å²) in [7, 11) is 0. The highest BCUT2D eigenvalue weighted by molar-refractivity contribution is 5.73. The van der Waals surface area contributed by atoms with E-state index in [0.717, 1.165) is 31.1 Å². The summed E-state index contributed by atoms with van der Waals surface area (Å²) in [6.45, 7) is 2.04. The number of rotatable bonds is 2. The van der Waals surface area contributed by atoms with Crippen LogP contribution in [0, 0.1) is 5.92 Å². The summed E-state index contributed by atoms with van der Waals surface area (Å²) in [5.41, 5.74) is 0.978. The van der Waals surface area contributed by atoms with E-state index < -0.39 is 0 Å². The third-order valence-electron chi connectivity index (χ3n) is 2.10. The molecule has 0 heterocycles. The van der Waals surface area contributed by atoms with E-state index in [1.165, 1.54) is 0 Å². The molecule has 1 unspecified atom stereocenters. The second-order valence-electron chi connectivity index (χ2n) is 2.96. The zero-order valence-electron chi connectivity index (χ0n) is 6.92. The van der Waals surface area contributed by atoms with Crippen molar-refractivity contribution >= 4 is 6.29 Å². The second-order valence-corrected chi connectivity index (χ2v) is 2.96. The van der Waals surface area contributed by atoms with Crippen LogP contribution in [0.1, 0.15) is 26.2 Å². The maximum absolute atomic E-state index is 10.3. The molecule has 0 bridgehead atoms. The molecule has 1 rings (SSSR count). The molecule has 1 atom stereocenters. The number of carbonyl (C=O) groups excluding carboxylic acids is 1. The Hall–Kier alpha value is -0.850. The summed E-state index contributed by atoms with van der Waals surface area (Å²) in [5.74, 6) is 0.670. The van der Waals surface area contributed by atoms with Gasteiger partial charge in [0.2, 0.25) is 0 Å². The molecule has 0 aromatic rings. The van der Waals surface area contributed by atoms with Crippen molar-refractivity contribution in [3.63, 3.8) is 0 Å². The number of hydrogen-bond donors (Lipinski definition) is 0. The Bertz CT molecular complexity index is 189. The lowest BCUT2D eigenvalue weighted by Gasteiger charge is -2.15. The van der Waals surface area contributed by atoms with Crippen molar-refractivity contribution in [2.45, 2.75) is 26.2 Å². The lowest BCUT2D eigenvalue weighted by Crippen LogP contribution is -2.03. The second kappa shape index (κ2) is 4.12. The van der Waals surface area contributed by atoms with Gasteiger partial charge in [0.05, 0.1) is 0 Å². The van der Waals surface area contributed by atoms with Gasteiger partial charge < -0.3 is 0 Å². The van der Waals surface area contributed by atoms with Crippen LogP contribution in [0.3, 0.4) is 0 Å². The zero-order chi connectivity index (χ0) is 8.10. The summed E-state index contributed by atoms with van der Waals surface area (Å²) in [6, 6.07) is 0. The molecule has 0 N–H and O–H groups in total. The Balaban J connectivity index is 2.47. The van der Waals surface area contributed by atoms with E-state index >= 15 is 0 Å². The molecule has 0 amide bonds. The fourth-order valence-corrected chi connectivity index (χ4v) is 1.43. The van der Waals surface area contributed by atoms with Crippen LogP contribution >= 0.6 is 0 Å². The molecule has 0 aromatic heterocycles. The van der Waals surface area contributed by atoms with Crippen LogP contribution in [0.2, 0.25) is 0 Å². The van der Waals surface area contributed by atoms with Gasteiger partial charge in [0, 0.05) is 0 Å². The van der Waals surface area contributed by atoms with Crippen molar-refractivity contribution in [1.29, 1.82) is 0 Å². The van der Waals surface area contributed by atoms with E-state index in [4.69, 9.17) is 0 Å². The number of hydrogen-bond acceptors (Lipinski definition) is 1. The number of allylic oxidation sites excluding steroid dienone is 4. The Morgan fingerprint density at radius 2 is 2.45 bits per heavy atom. The minimum absolute atomic E-state index is 0.670. The fraction of sp³-hybridized carbons (Fsp3) is 0.500. The van der Waals surface area contributed by atoms with Crippen LogP contribution in [0.25, 0.3) is 0 Å². The quantitative estimate of drug-likeness (QED) is 0.436. The van der Waals surface area contributed by atoms with Gasteiger partial charge in [-0.3, -0.25) is 4.79 Å². The minimum atomic E-state index is 0.670. The van der Waals surface area contributed by atoms with Crippen LogP contribution < -0.4 is 0 Å². The maximum Gasteiger partial charge on any atom is 0.145 e. The van der Waals surface area contributed by atoms with Gasteiger partial charge in [0.15, 0.2) is 0 Å². The number of aldehydes is 1. The molecule has 1 aliphatic carbocycles. The van der Waals surface area contributed by atoms with E-state index in [2.05, 4.69) is 18.2 Å². The monoisotopic (exact) mass is 150 g/mol. The van der Waals surface area contributed by atoms with E-state index in [9.17, 15) is 4.79 Å². The molecule has 0 fully saturated rings. The first-order chi connectivity index (χ1) is 5.36. The molecule has 1 heteroatoms. The molecule has 0 radical (unpaired) electrons. The van der Waals surface area contributed by atoms with E-state index in [-0.39, 0.29) is 0 Å². The summed E-state index contributed by atoms with van der Waals surface area (Å²) in [5, 5.41) is 0. The van der Waals surface area contributed by atoms with Gasteiger partial charge in [0.25, 0.3) is 0 Å². The predicted octanol–water partition coefficient (Wildman–Crippen LogP) is 2.49. The Labute approximate surface area is 67.8 Å². The first-order valence-electron chi connectivity index (χ1n) is 4.14. The molecular weight excluding hydrogens is 136 g/mol. The first kappa shape index (κ1) is 8.25. The Morgan fingerprint density at radius 3 is 2.91 bits per heavy atom. The molecule has 0 saturated heterocycles. The van der Waals surface area contributed by atoms with E-state index in [1.807, 2.05) is 6.92 Å². The average Bonchev–Trinajstić information content (AvgIpc) is 2.07.